The highest BCUT2D eigenvalue weighted by Crippen LogP contribution is 2.34. The number of benzene rings is 2. The van der Waals surface area contributed by atoms with Crippen LogP contribution in [0.15, 0.2) is 41.3 Å². The fourth-order valence-corrected chi connectivity index (χ4v) is 4.27. The van der Waals surface area contributed by atoms with E-state index in [1.165, 1.54) is 31.4 Å². The van der Waals surface area contributed by atoms with Gasteiger partial charge in [-0.15, -0.1) is 0 Å². The average Bonchev–Trinajstić information content (AvgIpc) is 2.47. The van der Waals surface area contributed by atoms with E-state index >= 15 is 0 Å². The van der Waals surface area contributed by atoms with Crippen LogP contribution in [0.25, 0.3) is 0 Å². The first-order chi connectivity index (χ1) is 11.2. The first kappa shape index (κ1) is 18.9. The molecule has 2 rings (SSSR count). The van der Waals surface area contributed by atoms with E-state index in [9.17, 15) is 13.2 Å². The van der Waals surface area contributed by atoms with Crippen molar-refractivity contribution in [2.75, 3.05) is 7.11 Å². The maximum atomic E-state index is 12.4. The highest BCUT2D eigenvalue weighted by molar-refractivity contribution is 7.87. The van der Waals surface area contributed by atoms with Crippen molar-refractivity contribution < 1.29 is 22.1 Å². The Labute approximate surface area is 154 Å². The second-order valence-corrected chi connectivity index (χ2v) is 7.37. The van der Waals surface area contributed by atoms with Crippen molar-refractivity contribution in [2.45, 2.75) is 11.3 Å². The Morgan fingerprint density at radius 3 is 2.08 bits per heavy atom. The Morgan fingerprint density at radius 1 is 1.04 bits per heavy atom. The number of methoxy groups -OCH3 is 1. The standard InChI is InChI=1S/C15H11Cl3O5S/c1-22-14(19)6-9-2-4-11(5-3-9)23-24(20,21)15-12(17)7-10(16)8-13(15)18/h2-5,7-8H,6H2,1H3. The molecule has 0 aromatic heterocycles. The largest absolute Gasteiger partial charge is 0.469 e. The van der Waals surface area contributed by atoms with Crippen molar-refractivity contribution in [3.8, 4) is 5.75 Å². The van der Waals surface area contributed by atoms with Crippen LogP contribution in [0.4, 0.5) is 0 Å². The van der Waals surface area contributed by atoms with E-state index in [-0.39, 0.29) is 32.1 Å². The molecule has 0 spiro atoms. The number of halogens is 3. The molecule has 128 valence electrons. The predicted octanol–water partition coefficient (Wildman–Crippen LogP) is 4.13. The normalized spacial score (nSPS) is 11.2. The molecule has 0 aliphatic rings. The molecule has 0 heterocycles. The number of hydrogen-bond donors (Lipinski definition) is 0. The van der Waals surface area contributed by atoms with Crippen LogP contribution in [-0.4, -0.2) is 21.5 Å². The molecule has 0 N–H and O–H groups in total. The number of carbonyl (C=O) groups is 1. The second-order valence-electron chi connectivity index (χ2n) is 4.63. The third kappa shape index (κ3) is 4.54. The zero-order chi connectivity index (χ0) is 17.9. The molecule has 0 saturated heterocycles. The summed E-state index contributed by atoms with van der Waals surface area (Å²) < 4.78 is 34.3. The second kappa shape index (κ2) is 7.61. The molecule has 0 saturated carbocycles. The lowest BCUT2D eigenvalue weighted by atomic mass is 10.1. The SMILES string of the molecule is COC(=O)Cc1ccc(OS(=O)(=O)c2c(Cl)cc(Cl)cc2Cl)cc1. The minimum absolute atomic E-state index is 0.0469. The van der Waals surface area contributed by atoms with Gasteiger partial charge in [0.1, 0.15) is 10.6 Å². The van der Waals surface area contributed by atoms with Gasteiger partial charge >= 0.3 is 16.1 Å². The minimum atomic E-state index is -4.25. The highest BCUT2D eigenvalue weighted by atomic mass is 35.5. The summed E-state index contributed by atoms with van der Waals surface area (Å²) >= 11 is 17.6. The molecule has 0 aliphatic heterocycles. The van der Waals surface area contributed by atoms with Crippen molar-refractivity contribution >= 4 is 50.9 Å². The molecule has 0 unspecified atom stereocenters. The Hall–Kier alpha value is -1.47. The van der Waals surface area contributed by atoms with Crippen LogP contribution in [0.1, 0.15) is 5.56 Å². The van der Waals surface area contributed by atoms with Crippen molar-refractivity contribution in [2.24, 2.45) is 0 Å². The zero-order valence-corrected chi connectivity index (χ0v) is 15.3. The number of rotatable bonds is 5. The molecule has 2 aromatic carbocycles. The van der Waals surface area contributed by atoms with E-state index in [1.807, 2.05) is 0 Å². The summed E-state index contributed by atoms with van der Waals surface area (Å²) in [4.78, 5) is 10.8. The molecule has 0 atom stereocenters. The van der Waals surface area contributed by atoms with Gasteiger partial charge < -0.3 is 8.92 Å². The molecule has 5 nitrogen and oxygen atoms in total. The monoisotopic (exact) mass is 408 g/mol. The fraction of sp³-hybridized carbons (Fsp3) is 0.133. The van der Waals surface area contributed by atoms with Gasteiger partial charge in [0.05, 0.1) is 23.6 Å². The van der Waals surface area contributed by atoms with E-state index in [4.69, 9.17) is 39.0 Å². The van der Waals surface area contributed by atoms with E-state index in [2.05, 4.69) is 4.74 Å². The van der Waals surface area contributed by atoms with Crippen LogP contribution in [0, 0.1) is 0 Å². The van der Waals surface area contributed by atoms with Crippen LogP contribution < -0.4 is 4.18 Å². The van der Waals surface area contributed by atoms with Crippen LogP contribution in [0.3, 0.4) is 0 Å². The Bertz CT molecular complexity index is 840. The van der Waals surface area contributed by atoms with Crippen LogP contribution in [0.2, 0.25) is 15.1 Å². The molecule has 2 aromatic rings. The molecule has 0 amide bonds. The lowest BCUT2D eigenvalue weighted by molar-refractivity contribution is -0.139. The third-order valence-corrected chi connectivity index (χ3v) is 5.31. The highest BCUT2D eigenvalue weighted by Gasteiger charge is 2.24. The number of hydrogen-bond acceptors (Lipinski definition) is 5. The number of ether oxygens (including phenoxy) is 1. The summed E-state index contributed by atoms with van der Waals surface area (Å²) in [7, 11) is -2.96. The van der Waals surface area contributed by atoms with Crippen molar-refractivity contribution in [3.63, 3.8) is 0 Å². The lowest BCUT2D eigenvalue weighted by Gasteiger charge is -2.11. The first-order valence-corrected chi connectivity index (χ1v) is 9.02. The maximum Gasteiger partial charge on any atom is 0.342 e. The van der Waals surface area contributed by atoms with Gasteiger partial charge in [-0.1, -0.05) is 46.9 Å². The van der Waals surface area contributed by atoms with Gasteiger partial charge in [0.25, 0.3) is 0 Å². The molecular weight excluding hydrogens is 399 g/mol. The first-order valence-electron chi connectivity index (χ1n) is 6.47. The minimum Gasteiger partial charge on any atom is -0.469 e. The summed E-state index contributed by atoms with van der Waals surface area (Å²) in [6.45, 7) is 0. The van der Waals surface area contributed by atoms with Crippen LogP contribution in [-0.2, 0) is 26.1 Å². The van der Waals surface area contributed by atoms with Crippen LogP contribution >= 0.6 is 34.8 Å². The lowest BCUT2D eigenvalue weighted by Crippen LogP contribution is -2.11. The average molecular weight is 410 g/mol. The van der Waals surface area contributed by atoms with Gasteiger partial charge in [0.15, 0.2) is 0 Å². The third-order valence-electron chi connectivity index (χ3n) is 2.92. The van der Waals surface area contributed by atoms with Gasteiger partial charge in [0, 0.05) is 5.02 Å². The zero-order valence-electron chi connectivity index (χ0n) is 12.3. The Balaban J connectivity index is 2.25. The molecule has 24 heavy (non-hydrogen) atoms. The number of esters is 1. The van der Waals surface area contributed by atoms with Gasteiger partial charge in [-0.05, 0) is 29.8 Å². The van der Waals surface area contributed by atoms with Gasteiger partial charge in [-0.2, -0.15) is 8.42 Å². The van der Waals surface area contributed by atoms with Crippen molar-refractivity contribution in [1.82, 2.24) is 0 Å². The van der Waals surface area contributed by atoms with Gasteiger partial charge in [-0.25, -0.2) is 0 Å². The van der Waals surface area contributed by atoms with Gasteiger partial charge in [-0.3, -0.25) is 4.79 Å². The maximum absolute atomic E-state index is 12.4. The van der Waals surface area contributed by atoms with Gasteiger partial charge in [0.2, 0.25) is 0 Å². The number of carbonyl (C=O) groups excluding carboxylic acids is 1. The summed E-state index contributed by atoms with van der Waals surface area (Å²) in [5, 5.41) is -0.0827. The quantitative estimate of drug-likeness (QED) is 0.548. The van der Waals surface area contributed by atoms with E-state index in [0.29, 0.717) is 5.56 Å². The summed E-state index contributed by atoms with van der Waals surface area (Å²) in [5.41, 5.74) is 0.647. The summed E-state index contributed by atoms with van der Waals surface area (Å²) in [6, 6.07) is 8.43. The molecule has 0 aliphatic carbocycles. The summed E-state index contributed by atoms with van der Waals surface area (Å²) in [5.74, 6) is -0.360. The van der Waals surface area contributed by atoms with Crippen molar-refractivity contribution in [1.29, 1.82) is 0 Å². The summed E-state index contributed by atoms with van der Waals surface area (Å²) in [6.07, 6.45) is 0.0678. The molecule has 0 fully saturated rings. The Kier molecular flexibility index (Phi) is 5.98. The Morgan fingerprint density at radius 2 is 1.58 bits per heavy atom. The fourth-order valence-electron chi connectivity index (χ4n) is 1.84. The molecule has 0 bridgehead atoms. The molecule has 9 heteroatoms. The predicted molar refractivity (Wildman–Crippen MR) is 91.4 cm³/mol. The van der Waals surface area contributed by atoms with Crippen LogP contribution in [0.5, 0.6) is 5.75 Å². The van der Waals surface area contributed by atoms with E-state index in [1.54, 1.807) is 12.1 Å². The van der Waals surface area contributed by atoms with E-state index < -0.39 is 16.1 Å². The molecule has 0 radical (unpaired) electrons. The van der Waals surface area contributed by atoms with E-state index in [0.717, 1.165) is 0 Å². The smallest absolute Gasteiger partial charge is 0.342 e. The topological polar surface area (TPSA) is 69.7 Å². The molecular formula is C15H11Cl3O5S. The van der Waals surface area contributed by atoms with Crippen molar-refractivity contribution in [3.05, 3.63) is 57.0 Å².